The van der Waals surface area contributed by atoms with Gasteiger partial charge in [0.15, 0.2) is 0 Å². The molecule has 0 unspecified atom stereocenters. The molecule has 2 aliphatic heterocycles. The fourth-order valence-electron chi connectivity index (χ4n) is 2.34. The Morgan fingerprint density at radius 3 is 2.56 bits per heavy atom. The number of hydrogen-bond donors (Lipinski definition) is 2. The molecule has 0 bridgehead atoms. The standard InChI is InChI=1S/C12H12FN3O2/c13-9-6-7(16-3-1-14-2-4-16)5-8-10(9)12(18)15-11(8)17/h5-6,14H,1-4H2,(H,15,17,18). The van der Waals surface area contributed by atoms with E-state index in [0.29, 0.717) is 5.69 Å². The maximum Gasteiger partial charge on any atom is 0.261 e. The fourth-order valence-corrected chi connectivity index (χ4v) is 2.34. The van der Waals surface area contributed by atoms with Gasteiger partial charge in [-0.05, 0) is 12.1 Å². The maximum atomic E-state index is 13.9. The van der Waals surface area contributed by atoms with Crippen LogP contribution in [-0.4, -0.2) is 38.0 Å². The van der Waals surface area contributed by atoms with Gasteiger partial charge in [-0.3, -0.25) is 14.9 Å². The lowest BCUT2D eigenvalue weighted by Crippen LogP contribution is -2.43. The van der Waals surface area contributed by atoms with E-state index in [9.17, 15) is 14.0 Å². The van der Waals surface area contributed by atoms with Crippen LogP contribution in [0.25, 0.3) is 0 Å². The number of benzene rings is 1. The van der Waals surface area contributed by atoms with Crippen molar-refractivity contribution in [3.8, 4) is 0 Å². The van der Waals surface area contributed by atoms with E-state index in [2.05, 4.69) is 10.6 Å². The summed E-state index contributed by atoms with van der Waals surface area (Å²) in [6.07, 6.45) is 0. The molecule has 0 spiro atoms. The molecule has 2 amide bonds. The minimum absolute atomic E-state index is 0.133. The molecular formula is C12H12FN3O2. The number of nitrogens with one attached hydrogen (secondary N) is 2. The zero-order valence-electron chi connectivity index (χ0n) is 9.62. The molecule has 0 saturated carbocycles. The first kappa shape index (κ1) is 11.2. The number of fused-ring (bicyclic) bond motifs is 1. The minimum Gasteiger partial charge on any atom is -0.369 e. The summed E-state index contributed by atoms with van der Waals surface area (Å²) in [6, 6.07) is 2.91. The molecule has 3 rings (SSSR count). The van der Waals surface area contributed by atoms with Gasteiger partial charge in [0.2, 0.25) is 0 Å². The van der Waals surface area contributed by atoms with Crippen molar-refractivity contribution in [3.63, 3.8) is 0 Å². The van der Waals surface area contributed by atoms with Gasteiger partial charge in [0, 0.05) is 31.9 Å². The molecule has 0 aliphatic carbocycles. The Labute approximate surface area is 103 Å². The lowest BCUT2D eigenvalue weighted by Gasteiger charge is -2.29. The van der Waals surface area contributed by atoms with Crippen LogP contribution in [0.4, 0.5) is 10.1 Å². The van der Waals surface area contributed by atoms with Crippen molar-refractivity contribution < 1.29 is 14.0 Å². The minimum atomic E-state index is -0.653. The quantitative estimate of drug-likeness (QED) is 0.694. The topological polar surface area (TPSA) is 61.4 Å². The number of anilines is 1. The zero-order chi connectivity index (χ0) is 12.7. The van der Waals surface area contributed by atoms with E-state index in [-0.39, 0.29) is 11.1 Å². The third-order valence-electron chi connectivity index (χ3n) is 3.26. The highest BCUT2D eigenvalue weighted by molar-refractivity contribution is 6.22. The summed E-state index contributed by atoms with van der Waals surface area (Å²) in [5.41, 5.74) is 0.644. The highest BCUT2D eigenvalue weighted by atomic mass is 19.1. The number of rotatable bonds is 1. The molecule has 0 atom stereocenters. The van der Waals surface area contributed by atoms with Gasteiger partial charge < -0.3 is 10.2 Å². The van der Waals surface area contributed by atoms with E-state index in [1.165, 1.54) is 6.07 Å². The van der Waals surface area contributed by atoms with Gasteiger partial charge in [0.05, 0.1) is 11.1 Å². The average Bonchev–Trinajstić information content (AvgIpc) is 2.66. The van der Waals surface area contributed by atoms with Crippen LogP contribution in [0.15, 0.2) is 12.1 Å². The Bertz CT molecular complexity index is 538. The predicted molar refractivity (Wildman–Crippen MR) is 63.3 cm³/mol. The van der Waals surface area contributed by atoms with Crippen LogP contribution in [0, 0.1) is 5.82 Å². The summed E-state index contributed by atoms with van der Waals surface area (Å²) in [7, 11) is 0. The first-order chi connectivity index (χ1) is 8.66. The molecule has 2 aliphatic rings. The Morgan fingerprint density at radius 2 is 1.83 bits per heavy atom. The summed E-state index contributed by atoms with van der Waals surface area (Å²) in [5, 5.41) is 5.30. The van der Waals surface area contributed by atoms with Gasteiger partial charge >= 0.3 is 0 Å². The van der Waals surface area contributed by atoms with E-state index >= 15 is 0 Å². The number of nitrogens with zero attached hydrogens (tertiary/aromatic N) is 1. The van der Waals surface area contributed by atoms with Crippen molar-refractivity contribution >= 4 is 17.5 Å². The van der Waals surface area contributed by atoms with Crippen LogP contribution in [0.2, 0.25) is 0 Å². The molecule has 5 nitrogen and oxygen atoms in total. The Balaban J connectivity index is 2.03. The largest absolute Gasteiger partial charge is 0.369 e. The molecule has 1 saturated heterocycles. The van der Waals surface area contributed by atoms with Crippen LogP contribution in [-0.2, 0) is 0 Å². The summed E-state index contributed by atoms with van der Waals surface area (Å²) in [6.45, 7) is 3.16. The summed E-state index contributed by atoms with van der Waals surface area (Å²) in [4.78, 5) is 24.9. The molecule has 0 radical (unpaired) electrons. The van der Waals surface area contributed by atoms with E-state index < -0.39 is 17.6 Å². The van der Waals surface area contributed by atoms with Crippen LogP contribution in [0.3, 0.4) is 0 Å². The summed E-state index contributed by atoms with van der Waals surface area (Å²) >= 11 is 0. The van der Waals surface area contributed by atoms with Crippen LogP contribution >= 0.6 is 0 Å². The number of piperazine rings is 1. The number of carbonyl (C=O) groups excluding carboxylic acids is 2. The Kier molecular flexibility index (Phi) is 2.52. The van der Waals surface area contributed by atoms with Gasteiger partial charge in [0.25, 0.3) is 11.8 Å². The molecule has 18 heavy (non-hydrogen) atoms. The molecule has 1 aromatic carbocycles. The number of imide groups is 1. The summed E-state index contributed by atoms with van der Waals surface area (Å²) in [5.74, 6) is -1.81. The van der Waals surface area contributed by atoms with Gasteiger partial charge in [-0.2, -0.15) is 0 Å². The monoisotopic (exact) mass is 249 g/mol. The van der Waals surface area contributed by atoms with Gasteiger partial charge in [-0.1, -0.05) is 0 Å². The first-order valence-corrected chi connectivity index (χ1v) is 5.82. The maximum absolute atomic E-state index is 13.9. The van der Waals surface area contributed by atoms with E-state index in [0.717, 1.165) is 26.2 Å². The van der Waals surface area contributed by atoms with E-state index in [1.807, 2.05) is 4.90 Å². The molecule has 1 aromatic rings. The number of carbonyl (C=O) groups is 2. The van der Waals surface area contributed by atoms with Crippen molar-refractivity contribution in [2.24, 2.45) is 0 Å². The lowest BCUT2D eigenvalue weighted by molar-refractivity contribution is 0.0878. The number of halogens is 1. The van der Waals surface area contributed by atoms with E-state index in [4.69, 9.17) is 0 Å². The first-order valence-electron chi connectivity index (χ1n) is 5.82. The molecule has 94 valence electrons. The second-order valence-corrected chi connectivity index (χ2v) is 4.37. The Hall–Kier alpha value is -1.95. The van der Waals surface area contributed by atoms with Crippen LogP contribution < -0.4 is 15.5 Å². The third kappa shape index (κ3) is 1.65. The molecule has 0 aromatic heterocycles. The Morgan fingerprint density at radius 1 is 1.11 bits per heavy atom. The van der Waals surface area contributed by atoms with Crippen molar-refractivity contribution in [2.75, 3.05) is 31.1 Å². The van der Waals surface area contributed by atoms with Gasteiger partial charge in [-0.15, -0.1) is 0 Å². The number of hydrogen-bond acceptors (Lipinski definition) is 4. The highest BCUT2D eigenvalue weighted by Gasteiger charge is 2.31. The second-order valence-electron chi connectivity index (χ2n) is 4.37. The van der Waals surface area contributed by atoms with Gasteiger partial charge in [-0.25, -0.2) is 4.39 Å². The second kappa shape index (κ2) is 4.06. The van der Waals surface area contributed by atoms with Crippen molar-refractivity contribution in [1.82, 2.24) is 10.6 Å². The van der Waals surface area contributed by atoms with E-state index in [1.54, 1.807) is 6.07 Å². The van der Waals surface area contributed by atoms with Crippen molar-refractivity contribution in [3.05, 3.63) is 29.1 Å². The smallest absolute Gasteiger partial charge is 0.261 e. The zero-order valence-corrected chi connectivity index (χ0v) is 9.62. The lowest BCUT2D eigenvalue weighted by atomic mass is 10.1. The predicted octanol–water partition coefficient (Wildman–Crippen LogP) is 0.119. The summed E-state index contributed by atoms with van der Waals surface area (Å²) < 4.78 is 13.9. The van der Waals surface area contributed by atoms with Gasteiger partial charge in [0.1, 0.15) is 5.82 Å². The third-order valence-corrected chi connectivity index (χ3v) is 3.26. The molecule has 1 fully saturated rings. The molecule has 2 N–H and O–H groups in total. The van der Waals surface area contributed by atoms with Crippen LogP contribution in [0.5, 0.6) is 0 Å². The molecule has 6 heteroatoms. The normalized spacial score (nSPS) is 18.8. The van der Waals surface area contributed by atoms with Crippen molar-refractivity contribution in [2.45, 2.75) is 0 Å². The molecular weight excluding hydrogens is 237 g/mol. The average molecular weight is 249 g/mol. The fraction of sp³-hybridized carbons (Fsp3) is 0.333. The number of amides is 2. The van der Waals surface area contributed by atoms with Crippen molar-refractivity contribution in [1.29, 1.82) is 0 Å². The molecule has 2 heterocycles. The highest BCUT2D eigenvalue weighted by Crippen LogP contribution is 2.26. The van der Waals surface area contributed by atoms with Crippen LogP contribution in [0.1, 0.15) is 20.7 Å². The SMILES string of the molecule is O=C1NC(=O)c2c(F)cc(N3CCNCC3)cc21.